The number of aliphatic hydroxyl groups is 3. The van der Waals surface area contributed by atoms with Crippen LogP contribution in [0, 0.1) is 17.3 Å². The molecule has 1 saturated carbocycles. The lowest BCUT2D eigenvalue weighted by Gasteiger charge is -2.50. The van der Waals surface area contributed by atoms with E-state index < -0.39 is 64.1 Å². The van der Waals surface area contributed by atoms with E-state index >= 15 is 0 Å². The van der Waals surface area contributed by atoms with Crippen molar-refractivity contribution in [3.63, 3.8) is 0 Å². The van der Waals surface area contributed by atoms with Crippen molar-refractivity contribution in [2.45, 2.75) is 51.8 Å². The fraction of sp³-hybridized carbons (Fsp3) is 0.500. The Morgan fingerprint density at radius 3 is 2.40 bits per heavy atom. The predicted molar refractivity (Wildman–Crippen MR) is 142 cm³/mol. The fourth-order valence-corrected chi connectivity index (χ4v) is 5.97. The molecule has 3 aliphatic rings. The zero-order valence-electron chi connectivity index (χ0n) is 23.1. The maximum Gasteiger partial charge on any atom is 0.407 e. The summed E-state index contributed by atoms with van der Waals surface area (Å²) < 4.78 is 5.24. The number of nitrogens with zero attached hydrogens (tertiary/aromatic N) is 1. The van der Waals surface area contributed by atoms with E-state index in [9.17, 15) is 39.6 Å². The number of aromatic hydroxyl groups is 1. The van der Waals surface area contributed by atoms with Gasteiger partial charge in [-0.05, 0) is 55.5 Å². The molecular formula is C28H35N3O9. The van der Waals surface area contributed by atoms with Gasteiger partial charge in [0.1, 0.15) is 22.8 Å². The minimum Gasteiger partial charge on any atom is -0.508 e. The first kappa shape index (κ1) is 29.1. The molecule has 216 valence electrons. The van der Waals surface area contributed by atoms with Gasteiger partial charge in [0.2, 0.25) is 5.78 Å². The molecule has 0 unspecified atom stereocenters. The molecule has 0 radical (unpaired) electrons. The standard InChI is InChI=1S/C28H35N3O9/c1-27(2,3)11-40-26(38)30-10-12-6-7-16(32)18-14(12)8-13-9-15-20(31(4)5)22(34)19(25(29)37)24(36)28(15,39)23(35)17(13)21(18)33/h6-7,13,15,20,32-33,36,39H,8-11H2,1-5H3,(H2,29,37)(H,30,38)/t13-,15-,20-,28-/m0/s1. The first-order valence-electron chi connectivity index (χ1n) is 12.9. The van der Waals surface area contributed by atoms with Crippen molar-refractivity contribution in [2.24, 2.45) is 23.0 Å². The Bertz CT molecular complexity index is 1370. The van der Waals surface area contributed by atoms with Crippen LogP contribution in [0.4, 0.5) is 4.79 Å². The summed E-state index contributed by atoms with van der Waals surface area (Å²) in [4.78, 5) is 52.8. The molecule has 12 heteroatoms. The van der Waals surface area contributed by atoms with Gasteiger partial charge in [-0.3, -0.25) is 19.3 Å². The molecule has 12 nitrogen and oxygen atoms in total. The van der Waals surface area contributed by atoms with Crippen LogP contribution in [0.15, 0.2) is 29.0 Å². The van der Waals surface area contributed by atoms with E-state index in [2.05, 4.69) is 5.32 Å². The number of carbonyl (C=O) groups excluding carboxylic acids is 4. The molecule has 0 spiro atoms. The van der Waals surface area contributed by atoms with E-state index in [4.69, 9.17) is 10.5 Å². The largest absolute Gasteiger partial charge is 0.508 e. The van der Waals surface area contributed by atoms with Crippen LogP contribution in [-0.4, -0.2) is 81.2 Å². The summed E-state index contributed by atoms with van der Waals surface area (Å²) in [5.74, 6) is -7.14. The lowest BCUT2D eigenvalue weighted by Crippen LogP contribution is -2.65. The van der Waals surface area contributed by atoms with Crippen LogP contribution in [-0.2, 0) is 32.1 Å². The SMILES string of the molecule is CN(C)[C@@H]1C(=O)C(C(N)=O)=C(O)[C@@]2(O)C(=O)C3=C(O)c4c(O)ccc(CNC(=O)OCC(C)(C)C)c4C[C@H]3C[C@@H]12. The van der Waals surface area contributed by atoms with E-state index in [0.29, 0.717) is 11.1 Å². The number of Topliss-reactive ketones (excluding diaryl/α,β-unsaturated/α-hetero) is 2. The summed E-state index contributed by atoms with van der Waals surface area (Å²) in [5, 5.41) is 47.1. The minimum atomic E-state index is -2.70. The van der Waals surface area contributed by atoms with Crippen LogP contribution in [0.1, 0.15) is 43.9 Å². The van der Waals surface area contributed by atoms with Crippen LogP contribution in [0.3, 0.4) is 0 Å². The number of rotatable bonds is 5. The highest BCUT2D eigenvalue weighted by Crippen LogP contribution is 2.52. The number of phenols is 1. The molecule has 1 aromatic carbocycles. The Morgan fingerprint density at radius 2 is 1.82 bits per heavy atom. The number of benzene rings is 1. The summed E-state index contributed by atoms with van der Waals surface area (Å²) in [6.45, 7) is 5.95. The Labute approximate surface area is 231 Å². The number of hydrogen-bond donors (Lipinski definition) is 6. The van der Waals surface area contributed by atoms with Crippen LogP contribution >= 0.6 is 0 Å². The van der Waals surface area contributed by atoms with E-state index in [1.54, 1.807) is 6.07 Å². The van der Waals surface area contributed by atoms with Crippen molar-refractivity contribution in [2.75, 3.05) is 20.7 Å². The van der Waals surface area contributed by atoms with Gasteiger partial charge >= 0.3 is 6.09 Å². The van der Waals surface area contributed by atoms with Gasteiger partial charge in [-0.15, -0.1) is 0 Å². The third kappa shape index (κ3) is 4.60. The molecule has 0 bridgehead atoms. The van der Waals surface area contributed by atoms with Gasteiger partial charge in [0, 0.05) is 18.0 Å². The lowest BCUT2D eigenvalue weighted by molar-refractivity contribution is -0.153. The number of fused-ring (bicyclic) bond motifs is 3. The summed E-state index contributed by atoms with van der Waals surface area (Å²) in [7, 11) is 3.07. The number of hydrogen-bond acceptors (Lipinski definition) is 10. The normalized spacial score (nSPS) is 26.3. The summed E-state index contributed by atoms with van der Waals surface area (Å²) >= 11 is 0. The second-order valence-corrected chi connectivity index (χ2v) is 12.0. The number of phenolic OH excluding ortho intramolecular Hbond substituents is 1. The molecule has 7 N–H and O–H groups in total. The van der Waals surface area contributed by atoms with Gasteiger partial charge < -0.3 is 36.2 Å². The lowest BCUT2D eigenvalue weighted by atomic mass is 9.57. The van der Waals surface area contributed by atoms with Gasteiger partial charge in [-0.2, -0.15) is 0 Å². The highest BCUT2D eigenvalue weighted by Gasteiger charge is 2.64. The molecule has 40 heavy (non-hydrogen) atoms. The smallest absolute Gasteiger partial charge is 0.407 e. The molecular weight excluding hydrogens is 522 g/mol. The molecule has 0 heterocycles. The third-order valence-electron chi connectivity index (χ3n) is 7.76. The first-order chi connectivity index (χ1) is 18.5. The van der Waals surface area contributed by atoms with Gasteiger partial charge in [0.05, 0.1) is 18.2 Å². The number of ketones is 2. The number of alkyl carbamates (subject to hydrolysis) is 1. The maximum absolute atomic E-state index is 13.9. The van der Waals surface area contributed by atoms with Crippen molar-refractivity contribution in [3.8, 4) is 5.75 Å². The third-order valence-corrected chi connectivity index (χ3v) is 7.76. The number of nitrogens with two attached hydrogens (primary N) is 1. The van der Waals surface area contributed by atoms with Crippen LogP contribution < -0.4 is 11.1 Å². The van der Waals surface area contributed by atoms with Gasteiger partial charge in [-0.1, -0.05) is 26.8 Å². The van der Waals surface area contributed by atoms with Crippen LogP contribution in [0.2, 0.25) is 0 Å². The molecule has 4 rings (SSSR count). The Hall–Kier alpha value is -3.90. The van der Waals surface area contributed by atoms with Crippen molar-refractivity contribution in [1.29, 1.82) is 0 Å². The van der Waals surface area contributed by atoms with Crippen LogP contribution in [0.5, 0.6) is 5.75 Å². The number of carbonyl (C=O) groups is 4. The summed E-state index contributed by atoms with van der Waals surface area (Å²) in [6, 6.07) is 1.72. The van der Waals surface area contributed by atoms with Crippen molar-refractivity contribution in [1.82, 2.24) is 10.2 Å². The Balaban J connectivity index is 1.77. The number of primary amides is 1. The average Bonchev–Trinajstić information content (AvgIpc) is 2.83. The highest BCUT2D eigenvalue weighted by atomic mass is 16.5. The molecule has 1 fully saturated rings. The van der Waals surface area contributed by atoms with Gasteiger partial charge in [0.25, 0.3) is 5.91 Å². The minimum absolute atomic E-state index is 0.00649. The molecule has 2 amide bonds. The molecule has 1 aromatic rings. The zero-order chi connectivity index (χ0) is 29.9. The summed E-state index contributed by atoms with van der Waals surface area (Å²) in [6.07, 6.45) is -0.549. The van der Waals surface area contributed by atoms with Crippen molar-refractivity contribution in [3.05, 3.63) is 45.7 Å². The first-order valence-corrected chi connectivity index (χ1v) is 12.9. The quantitative estimate of drug-likeness (QED) is 0.286. The maximum atomic E-state index is 13.9. The zero-order valence-corrected chi connectivity index (χ0v) is 23.1. The number of likely N-dealkylation sites (N-methyl/N-ethyl adjacent to an activating group) is 1. The molecule has 0 aliphatic heterocycles. The number of ether oxygens (including phenoxy) is 1. The fourth-order valence-electron chi connectivity index (χ4n) is 5.97. The van der Waals surface area contributed by atoms with E-state index in [1.165, 1.54) is 25.1 Å². The summed E-state index contributed by atoms with van der Waals surface area (Å²) in [5.41, 5.74) is 2.29. The monoisotopic (exact) mass is 557 g/mol. The van der Waals surface area contributed by atoms with E-state index in [0.717, 1.165) is 0 Å². The molecule has 4 atom stereocenters. The highest BCUT2D eigenvalue weighted by molar-refractivity contribution is 6.24. The molecule has 3 aliphatic carbocycles. The van der Waals surface area contributed by atoms with Crippen molar-refractivity contribution >= 4 is 29.3 Å². The van der Waals surface area contributed by atoms with E-state index in [-0.39, 0.29) is 48.3 Å². The van der Waals surface area contributed by atoms with Crippen molar-refractivity contribution < 1.29 is 44.3 Å². The number of amides is 2. The Morgan fingerprint density at radius 1 is 1.18 bits per heavy atom. The second kappa shape index (κ2) is 9.93. The van der Waals surface area contributed by atoms with Crippen LogP contribution in [0.25, 0.3) is 5.76 Å². The number of nitrogens with one attached hydrogen (secondary N) is 1. The van der Waals surface area contributed by atoms with Gasteiger partial charge in [-0.25, -0.2) is 4.79 Å². The second-order valence-electron chi connectivity index (χ2n) is 12.0. The van der Waals surface area contributed by atoms with Gasteiger partial charge in [0.15, 0.2) is 11.4 Å². The number of aliphatic hydroxyl groups excluding tert-OH is 2. The topological polar surface area (TPSA) is 200 Å². The molecule has 0 saturated heterocycles. The average molecular weight is 558 g/mol. The molecule has 0 aromatic heterocycles. The Kier molecular flexibility index (Phi) is 7.22. The van der Waals surface area contributed by atoms with E-state index in [1.807, 2.05) is 20.8 Å². The predicted octanol–water partition coefficient (Wildman–Crippen LogP) is 1.24.